The van der Waals surface area contributed by atoms with Crippen LogP contribution in [0.15, 0.2) is 30.3 Å². The number of carbonyl (C=O) groups excluding carboxylic acids is 1. The Morgan fingerprint density at radius 3 is 2.44 bits per heavy atom. The first-order valence-corrected chi connectivity index (χ1v) is 9.18. The largest absolute Gasteiger partial charge is 0.379 e. The zero-order valence-electron chi connectivity index (χ0n) is 15.2. The van der Waals surface area contributed by atoms with Crippen molar-refractivity contribution in [1.82, 2.24) is 15.1 Å². The number of rotatable bonds is 4. The Morgan fingerprint density at radius 1 is 1.16 bits per heavy atom. The highest BCUT2D eigenvalue weighted by atomic mass is 16.5. The molecule has 2 aliphatic heterocycles. The molecule has 138 valence electrons. The molecule has 1 aromatic carbocycles. The van der Waals surface area contributed by atoms with E-state index in [0.717, 1.165) is 26.3 Å². The highest BCUT2D eigenvalue weighted by Crippen LogP contribution is 2.21. The lowest BCUT2D eigenvalue weighted by Crippen LogP contribution is -2.53. The average molecular weight is 347 g/mol. The number of carbonyl (C=O) groups is 1. The minimum Gasteiger partial charge on any atom is -0.379 e. The van der Waals surface area contributed by atoms with Crippen LogP contribution in [0.25, 0.3) is 0 Å². The van der Waals surface area contributed by atoms with Crippen LogP contribution in [-0.4, -0.2) is 74.0 Å². The highest BCUT2D eigenvalue weighted by Gasteiger charge is 2.28. The summed E-state index contributed by atoms with van der Waals surface area (Å²) in [4.78, 5) is 16.9. The van der Waals surface area contributed by atoms with Crippen molar-refractivity contribution in [2.75, 3.05) is 45.9 Å². The minimum absolute atomic E-state index is 0.00353. The van der Waals surface area contributed by atoms with E-state index in [1.165, 1.54) is 5.56 Å². The predicted octanol–water partition coefficient (Wildman–Crippen LogP) is 1.88. The zero-order valence-corrected chi connectivity index (χ0v) is 15.2. The molecule has 0 unspecified atom stereocenters. The van der Waals surface area contributed by atoms with Crippen molar-refractivity contribution < 1.29 is 14.3 Å². The van der Waals surface area contributed by atoms with E-state index in [4.69, 9.17) is 9.47 Å². The number of amides is 2. The smallest absolute Gasteiger partial charge is 0.317 e. The summed E-state index contributed by atoms with van der Waals surface area (Å²) in [5.41, 5.74) is 1.23. The van der Waals surface area contributed by atoms with Crippen LogP contribution >= 0.6 is 0 Å². The van der Waals surface area contributed by atoms with Gasteiger partial charge in [0.2, 0.25) is 0 Å². The van der Waals surface area contributed by atoms with Crippen LogP contribution in [0.5, 0.6) is 0 Å². The van der Waals surface area contributed by atoms with Gasteiger partial charge in [0.25, 0.3) is 0 Å². The number of ether oxygens (including phenoxy) is 2. The number of benzene rings is 1. The van der Waals surface area contributed by atoms with Crippen molar-refractivity contribution in [3.63, 3.8) is 0 Å². The molecule has 6 heteroatoms. The molecule has 1 aromatic rings. The van der Waals surface area contributed by atoms with Crippen LogP contribution in [0.3, 0.4) is 0 Å². The summed E-state index contributed by atoms with van der Waals surface area (Å²) in [5.74, 6) is 0. The Kier molecular flexibility index (Phi) is 6.29. The van der Waals surface area contributed by atoms with E-state index >= 15 is 0 Å². The summed E-state index contributed by atoms with van der Waals surface area (Å²) in [7, 11) is 0. The van der Waals surface area contributed by atoms with Gasteiger partial charge in [-0.05, 0) is 19.4 Å². The van der Waals surface area contributed by atoms with Crippen LogP contribution in [-0.2, 0) is 9.47 Å². The molecule has 2 amide bonds. The molecule has 0 bridgehead atoms. The van der Waals surface area contributed by atoms with Crippen molar-refractivity contribution in [3.05, 3.63) is 35.9 Å². The molecule has 0 spiro atoms. The fourth-order valence-corrected chi connectivity index (χ4v) is 3.66. The molecule has 2 aliphatic rings. The Morgan fingerprint density at radius 2 is 1.80 bits per heavy atom. The SMILES string of the molecule is C[C@@H]1CN(C(=O)NC[C@@H](c2ccccc2)N2CCOCC2)C[C@@H](C)O1. The van der Waals surface area contributed by atoms with Gasteiger partial charge in [-0.25, -0.2) is 4.79 Å². The van der Waals surface area contributed by atoms with Gasteiger partial charge >= 0.3 is 6.03 Å². The first-order chi connectivity index (χ1) is 12.1. The van der Waals surface area contributed by atoms with Gasteiger partial charge in [-0.15, -0.1) is 0 Å². The molecule has 0 aliphatic carbocycles. The summed E-state index contributed by atoms with van der Waals surface area (Å²) in [5, 5.41) is 3.14. The van der Waals surface area contributed by atoms with E-state index in [0.29, 0.717) is 19.6 Å². The fourth-order valence-electron chi connectivity index (χ4n) is 3.66. The van der Waals surface area contributed by atoms with Crippen LogP contribution in [0.1, 0.15) is 25.5 Å². The van der Waals surface area contributed by atoms with Crippen molar-refractivity contribution in [2.45, 2.75) is 32.1 Å². The number of morpholine rings is 2. The van der Waals surface area contributed by atoms with E-state index in [1.54, 1.807) is 0 Å². The minimum atomic E-state index is -0.00353. The summed E-state index contributed by atoms with van der Waals surface area (Å²) >= 11 is 0. The summed E-state index contributed by atoms with van der Waals surface area (Å²) < 4.78 is 11.2. The molecule has 2 saturated heterocycles. The van der Waals surface area contributed by atoms with Gasteiger partial charge in [0, 0.05) is 32.7 Å². The van der Waals surface area contributed by atoms with Crippen LogP contribution in [0, 0.1) is 0 Å². The standard InChI is InChI=1S/C19H29N3O3/c1-15-13-22(14-16(2)25-15)19(23)20-12-18(17-6-4-3-5-7-17)21-8-10-24-11-9-21/h3-7,15-16,18H,8-14H2,1-2H3,(H,20,23)/t15-,16-,18+/m1/s1. The van der Waals surface area contributed by atoms with E-state index in [-0.39, 0.29) is 24.3 Å². The molecular formula is C19H29N3O3. The topological polar surface area (TPSA) is 54.0 Å². The quantitative estimate of drug-likeness (QED) is 0.904. The fraction of sp³-hybridized carbons (Fsp3) is 0.632. The Balaban J connectivity index is 1.63. The normalized spacial score (nSPS) is 26.2. The molecule has 0 radical (unpaired) electrons. The van der Waals surface area contributed by atoms with Crippen LogP contribution in [0.4, 0.5) is 4.79 Å². The van der Waals surface area contributed by atoms with Crippen molar-refractivity contribution in [3.8, 4) is 0 Å². The monoisotopic (exact) mass is 347 g/mol. The molecule has 6 nitrogen and oxygen atoms in total. The molecular weight excluding hydrogens is 318 g/mol. The van der Waals surface area contributed by atoms with Crippen molar-refractivity contribution in [2.24, 2.45) is 0 Å². The third-order valence-corrected chi connectivity index (χ3v) is 4.82. The van der Waals surface area contributed by atoms with Gasteiger partial charge in [0.1, 0.15) is 0 Å². The maximum absolute atomic E-state index is 12.6. The van der Waals surface area contributed by atoms with Gasteiger partial charge in [-0.3, -0.25) is 4.90 Å². The maximum atomic E-state index is 12.6. The molecule has 0 aromatic heterocycles. The third kappa shape index (κ3) is 4.93. The predicted molar refractivity (Wildman–Crippen MR) is 96.6 cm³/mol. The van der Waals surface area contributed by atoms with Crippen LogP contribution in [0.2, 0.25) is 0 Å². The second-order valence-corrected chi connectivity index (χ2v) is 6.92. The van der Waals surface area contributed by atoms with E-state index in [1.807, 2.05) is 24.8 Å². The van der Waals surface area contributed by atoms with Crippen molar-refractivity contribution in [1.29, 1.82) is 0 Å². The van der Waals surface area contributed by atoms with Crippen molar-refractivity contribution >= 4 is 6.03 Å². The summed E-state index contributed by atoms with van der Waals surface area (Å²) in [6, 6.07) is 10.6. The average Bonchev–Trinajstić information content (AvgIpc) is 2.63. The molecule has 25 heavy (non-hydrogen) atoms. The first-order valence-electron chi connectivity index (χ1n) is 9.18. The number of hydrogen-bond donors (Lipinski definition) is 1. The highest BCUT2D eigenvalue weighted by molar-refractivity contribution is 5.74. The van der Waals surface area contributed by atoms with Gasteiger partial charge in [0.15, 0.2) is 0 Å². The number of hydrogen-bond acceptors (Lipinski definition) is 4. The lowest BCUT2D eigenvalue weighted by atomic mass is 10.0. The van der Waals surface area contributed by atoms with E-state index in [2.05, 4.69) is 34.5 Å². The third-order valence-electron chi connectivity index (χ3n) is 4.82. The lowest BCUT2D eigenvalue weighted by molar-refractivity contribution is -0.0547. The summed E-state index contributed by atoms with van der Waals surface area (Å²) in [6.45, 7) is 9.18. The number of nitrogens with one attached hydrogen (secondary N) is 1. The van der Waals surface area contributed by atoms with Gasteiger partial charge in [-0.2, -0.15) is 0 Å². The number of urea groups is 1. The lowest BCUT2D eigenvalue weighted by Gasteiger charge is -2.37. The first kappa shape index (κ1) is 18.2. The van der Waals surface area contributed by atoms with Gasteiger partial charge in [-0.1, -0.05) is 30.3 Å². The number of nitrogens with zero attached hydrogens (tertiary/aromatic N) is 2. The Labute approximate surface area is 150 Å². The van der Waals surface area contributed by atoms with Gasteiger partial charge < -0.3 is 19.7 Å². The van der Waals surface area contributed by atoms with E-state index < -0.39 is 0 Å². The van der Waals surface area contributed by atoms with Gasteiger partial charge in [0.05, 0.1) is 31.5 Å². The molecule has 3 atom stereocenters. The van der Waals surface area contributed by atoms with Crippen LogP contribution < -0.4 is 5.32 Å². The maximum Gasteiger partial charge on any atom is 0.317 e. The molecule has 1 N–H and O–H groups in total. The molecule has 2 heterocycles. The van der Waals surface area contributed by atoms with E-state index in [9.17, 15) is 4.79 Å². The second kappa shape index (κ2) is 8.65. The summed E-state index contributed by atoms with van der Waals surface area (Å²) in [6.07, 6.45) is 0.164. The second-order valence-electron chi connectivity index (χ2n) is 6.92. The molecule has 0 saturated carbocycles. The Hall–Kier alpha value is -1.63. The zero-order chi connectivity index (χ0) is 17.6. The molecule has 2 fully saturated rings. The Bertz CT molecular complexity index is 538. The molecule has 3 rings (SSSR count).